The van der Waals surface area contributed by atoms with Crippen LogP contribution in [0.5, 0.6) is 0 Å². The molecule has 2 saturated heterocycles. The Hall–Kier alpha value is -4.08. The van der Waals surface area contributed by atoms with E-state index in [0.29, 0.717) is 23.5 Å². The number of aromatic nitrogens is 6. The summed E-state index contributed by atoms with van der Waals surface area (Å²) in [7, 11) is 1.15. The molecule has 0 spiro atoms. The molecule has 3 aromatic rings. The van der Waals surface area contributed by atoms with Gasteiger partial charge < -0.3 is 50.2 Å². The molecule has 0 unspecified atom stereocenters. The molecule has 252 valence electrons. The highest BCUT2D eigenvalue weighted by Crippen LogP contribution is 2.32. The third-order valence-corrected chi connectivity index (χ3v) is 7.39. The number of hydrogen-bond donors (Lipinski definition) is 8. The Morgan fingerprint density at radius 1 is 1.00 bits per heavy atom. The number of anilines is 1. The highest BCUT2D eigenvalue weighted by Gasteiger charge is 2.45. The van der Waals surface area contributed by atoms with Gasteiger partial charge in [-0.3, -0.25) is 23.7 Å². The zero-order valence-electron chi connectivity index (χ0n) is 25.0. The van der Waals surface area contributed by atoms with Crippen molar-refractivity contribution in [3.8, 4) is 0 Å². The Bertz CT molecular complexity index is 1640. The van der Waals surface area contributed by atoms with Crippen LogP contribution in [0.15, 0.2) is 40.6 Å². The first-order valence-corrected chi connectivity index (χ1v) is 14.1. The minimum atomic E-state index is -1.48. The maximum Gasteiger partial charge on any atom is 0.330 e. The number of H-pyrrole nitrogens is 1. The van der Waals surface area contributed by atoms with Gasteiger partial charge in [0.2, 0.25) is 0 Å². The van der Waals surface area contributed by atoms with Gasteiger partial charge in [-0.25, -0.2) is 19.7 Å². The summed E-state index contributed by atoms with van der Waals surface area (Å²) in [6, 6.07) is 0. The van der Waals surface area contributed by atoms with Crippen LogP contribution in [0.25, 0.3) is 11.2 Å². The van der Waals surface area contributed by atoms with Crippen LogP contribution in [0.1, 0.15) is 31.4 Å². The van der Waals surface area contributed by atoms with Gasteiger partial charge in [-0.05, 0) is 13.3 Å². The largest absolute Gasteiger partial charge is 0.469 e. The van der Waals surface area contributed by atoms with Gasteiger partial charge in [-0.2, -0.15) is 0 Å². The average Bonchev–Trinajstić information content (AvgIpc) is 3.68. The minimum Gasteiger partial charge on any atom is -0.469 e. The number of carbonyl (C=O) groups excluding carboxylic acids is 1. The average molecular weight is 652 g/mol. The molecule has 0 aromatic carbocycles. The van der Waals surface area contributed by atoms with E-state index in [1.807, 2.05) is 11.9 Å². The normalized spacial score (nSPS) is 27.3. The Balaban J connectivity index is 0.000000210. The second-order valence-corrected chi connectivity index (χ2v) is 10.7. The zero-order valence-corrected chi connectivity index (χ0v) is 25.0. The lowest BCUT2D eigenvalue weighted by Gasteiger charge is -2.17. The molecule has 2 aliphatic heterocycles. The van der Waals surface area contributed by atoms with E-state index < -0.39 is 72.9 Å². The molecule has 0 aliphatic carbocycles. The fourth-order valence-corrected chi connectivity index (χ4v) is 4.85. The molecule has 19 heteroatoms. The smallest absolute Gasteiger partial charge is 0.330 e. The van der Waals surface area contributed by atoms with Crippen LogP contribution in [-0.2, 0) is 25.4 Å². The summed E-state index contributed by atoms with van der Waals surface area (Å²) in [6.07, 6.45) is -4.96. The number of carbonyl (C=O) groups is 1. The van der Waals surface area contributed by atoms with Gasteiger partial charge in [-0.15, -0.1) is 6.58 Å². The van der Waals surface area contributed by atoms with Crippen LogP contribution in [0.4, 0.5) is 5.82 Å². The highest BCUT2D eigenvalue weighted by atomic mass is 16.6. The third-order valence-electron chi connectivity index (χ3n) is 7.39. The SMILES string of the molecule is C=C(C)CCNc1ncnc2c1ncn2[C@@H]1O[C@H](CO)[C@@H](O)[C@H]1O.COC(=O)Cc1cn([C@@H]2O[C@H](CO)[C@@H](O)[C@H]2O)c(=O)[nH]c1=O. The molecule has 46 heavy (non-hydrogen) atoms. The number of imidazole rings is 1. The number of nitrogens with one attached hydrogen (secondary N) is 2. The van der Waals surface area contributed by atoms with Gasteiger partial charge in [0.1, 0.15) is 43.0 Å². The van der Waals surface area contributed by atoms with Crippen molar-refractivity contribution in [2.75, 3.05) is 32.2 Å². The Morgan fingerprint density at radius 3 is 2.15 bits per heavy atom. The molecule has 8 atom stereocenters. The monoisotopic (exact) mass is 651 g/mol. The molecule has 0 bridgehead atoms. The summed E-state index contributed by atoms with van der Waals surface area (Å²) in [5.74, 6) is -0.108. The molecule has 3 aromatic heterocycles. The maximum absolute atomic E-state index is 11.8. The van der Waals surface area contributed by atoms with Crippen LogP contribution >= 0.6 is 0 Å². The van der Waals surface area contributed by atoms with Crippen molar-refractivity contribution in [2.24, 2.45) is 0 Å². The summed E-state index contributed by atoms with van der Waals surface area (Å²) < 4.78 is 17.6. The molecular weight excluding hydrogens is 614 g/mol. The number of methoxy groups -OCH3 is 1. The summed E-state index contributed by atoms with van der Waals surface area (Å²) in [5, 5.41) is 61.1. The number of hydrogen-bond acceptors (Lipinski definition) is 16. The molecule has 0 saturated carbocycles. The van der Waals surface area contributed by atoms with Crippen molar-refractivity contribution in [3.05, 3.63) is 57.4 Å². The molecule has 0 radical (unpaired) electrons. The van der Waals surface area contributed by atoms with E-state index in [1.165, 1.54) is 17.2 Å². The number of nitrogens with zero attached hydrogens (tertiary/aromatic N) is 5. The fraction of sp³-hybridized carbons (Fsp3) is 0.556. The van der Waals surface area contributed by atoms with Crippen molar-refractivity contribution in [1.82, 2.24) is 29.1 Å². The number of aromatic amines is 1. The van der Waals surface area contributed by atoms with Crippen molar-refractivity contribution in [2.45, 2.75) is 68.8 Å². The number of aliphatic hydroxyl groups excluding tert-OH is 6. The number of ether oxygens (including phenoxy) is 3. The zero-order chi connectivity index (χ0) is 33.7. The van der Waals surface area contributed by atoms with E-state index >= 15 is 0 Å². The summed E-state index contributed by atoms with van der Waals surface area (Å²) in [4.78, 5) is 49.4. The molecule has 8 N–H and O–H groups in total. The first-order chi connectivity index (χ1) is 21.9. The van der Waals surface area contributed by atoms with E-state index in [9.17, 15) is 39.9 Å². The second-order valence-electron chi connectivity index (χ2n) is 10.7. The van der Waals surface area contributed by atoms with E-state index in [1.54, 1.807) is 0 Å². The van der Waals surface area contributed by atoms with Gasteiger partial charge >= 0.3 is 11.7 Å². The Morgan fingerprint density at radius 2 is 1.61 bits per heavy atom. The predicted octanol–water partition coefficient (Wildman–Crippen LogP) is -3.32. The van der Waals surface area contributed by atoms with E-state index in [4.69, 9.17) is 14.6 Å². The lowest BCUT2D eigenvalue weighted by Crippen LogP contribution is -2.39. The molecule has 5 rings (SSSR count). The Labute approximate surface area is 260 Å². The van der Waals surface area contributed by atoms with Gasteiger partial charge in [0.15, 0.2) is 29.4 Å². The Kier molecular flexibility index (Phi) is 11.3. The van der Waals surface area contributed by atoms with E-state index in [2.05, 4.69) is 31.6 Å². The third kappa shape index (κ3) is 7.32. The first-order valence-electron chi connectivity index (χ1n) is 14.1. The van der Waals surface area contributed by atoms with Gasteiger partial charge in [0.25, 0.3) is 5.56 Å². The molecule has 0 amide bonds. The van der Waals surface area contributed by atoms with Crippen molar-refractivity contribution in [1.29, 1.82) is 0 Å². The number of aliphatic hydroxyl groups is 6. The second kappa shape index (κ2) is 15.0. The van der Waals surface area contributed by atoms with Crippen molar-refractivity contribution in [3.63, 3.8) is 0 Å². The molecular formula is C27H37N7O12. The van der Waals surface area contributed by atoms with Crippen LogP contribution in [0, 0.1) is 0 Å². The predicted molar refractivity (Wildman–Crippen MR) is 156 cm³/mol. The summed E-state index contributed by atoms with van der Waals surface area (Å²) in [5.41, 5.74) is 0.357. The topological polar surface area (TPSA) is 277 Å². The van der Waals surface area contributed by atoms with Crippen LogP contribution in [0.3, 0.4) is 0 Å². The van der Waals surface area contributed by atoms with Crippen LogP contribution < -0.4 is 16.6 Å². The number of fused-ring (bicyclic) bond motifs is 1. The lowest BCUT2D eigenvalue weighted by atomic mass is 10.1. The molecule has 2 fully saturated rings. The van der Waals surface area contributed by atoms with Gasteiger partial charge in [0.05, 0.1) is 33.1 Å². The van der Waals surface area contributed by atoms with Crippen molar-refractivity contribution < 1.29 is 49.6 Å². The summed E-state index contributed by atoms with van der Waals surface area (Å²) >= 11 is 0. The first kappa shape index (κ1) is 34.8. The van der Waals surface area contributed by atoms with Crippen LogP contribution in [0.2, 0.25) is 0 Å². The fourth-order valence-electron chi connectivity index (χ4n) is 4.85. The standard InChI is InChI=1S/C15H21N5O4.C12H16N2O8/c1-8(2)3-4-16-13-10-14(18-6-17-13)20(7-19-10)15-12(23)11(22)9(5-21)24-15;1-21-7(16)2-5-3-14(12(20)13-10(5)19)11-9(18)8(17)6(4-15)22-11/h6-7,9,11-12,15,21-23H,1,3-5H2,2H3,(H,16,17,18);3,6,8-9,11,15,17-18H,2,4H2,1H3,(H,13,19,20)/t9-,11-,12-,15-;6-,8-,9-,11-/m11/s1. The highest BCUT2D eigenvalue weighted by molar-refractivity contribution is 5.82. The minimum absolute atomic E-state index is 0.0656. The number of esters is 1. The quantitative estimate of drug-likeness (QED) is 0.0786. The summed E-state index contributed by atoms with van der Waals surface area (Å²) in [6.45, 7) is 5.54. The van der Waals surface area contributed by atoms with Gasteiger partial charge in [-0.1, -0.05) is 5.57 Å². The lowest BCUT2D eigenvalue weighted by molar-refractivity contribution is -0.139. The number of rotatable bonds is 10. The van der Waals surface area contributed by atoms with E-state index in [-0.39, 0.29) is 18.6 Å². The maximum atomic E-state index is 11.8. The van der Waals surface area contributed by atoms with E-state index in [0.717, 1.165) is 29.9 Å². The molecule has 2 aliphatic rings. The van der Waals surface area contributed by atoms with Gasteiger partial charge in [0, 0.05) is 18.3 Å². The van der Waals surface area contributed by atoms with Crippen molar-refractivity contribution >= 4 is 23.0 Å². The van der Waals surface area contributed by atoms with Crippen LogP contribution in [-0.4, -0.2) is 129 Å². The molecule has 5 heterocycles. The molecule has 19 nitrogen and oxygen atoms in total.